The summed E-state index contributed by atoms with van der Waals surface area (Å²) in [5.74, 6) is 0.207. The topological polar surface area (TPSA) is 84.9 Å². The number of aromatic nitrogens is 3. The predicted octanol–water partition coefficient (Wildman–Crippen LogP) is 1.47. The second-order valence-electron chi connectivity index (χ2n) is 4.07. The van der Waals surface area contributed by atoms with Gasteiger partial charge in [0.2, 0.25) is 0 Å². The van der Waals surface area contributed by atoms with E-state index in [-0.39, 0.29) is 17.3 Å². The average Bonchev–Trinajstić information content (AvgIpc) is 2.97. The first-order valence-corrected chi connectivity index (χ1v) is 6.85. The van der Waals surface area contributed by atoms with Crippen LogP contribution in [-0.4, -0.2) is 30.0 Å². The maximum absolute atomic E-state index is 13.2. The van der Waals surface area contributed by atoms with Gasteiger partial charge in [-0.05, 0) is 18.9 Å². The third-order valence-corrected chi connectivity index (χ3v) is 3.62. The average molecular weight is 271 g/mol. The van der Waals surface area contributed by atoms with Crippen LogP contribution in [0.5, 0.6) is 0 Å². The number of aromatic amines is 1. The van der Waals surface area contributed by atoms with Crippen molar-refractivity contribution in [1.82, 2.24) is 15.0 Å². The molecule has 0 aromatic carbocycles. The highest BCUT2D eigenvalue weighted by Crippen LogP contribution is 2.29. The molecule has 0 spiro atoms. The molecule has 0 aliphatic carbocycles. The van der Waals surface area contributed by atoms with Crippen molar-refractivity contribution in [2.75, 3.05) is 6.61 Å². The van der Waals surface area contributed by atoms with Gasteiger partial charge < -0.3 is 9.72 Å². The standard InChI is InChI=1S/C10H10FN3O3S/c11-18(15,16)10-6-3-4-12-8(6)13-9(14-10)7-2-1-5-17-7/h3-4,7H,1-2,5H2,(H,12,13,14). The number of H-pyrrole nitrogens is 1. The lowest BCUT2D eigenvalue weighted by molar-refractivity contribution is 0.105. The Balaban J connectivity index is 2.23. The van der Waals surface area contributed by atoms with Crippen molar-refractivity contribution in [2.45, 2.75) is 24.0 Å². The van der Waals surface area contributed by atoms with Crippen LogP contribution in [0.3, 0.4) is 0 Å². The van der Waals surface area contributed by atoms with E-state index in [1.807, 2.05) is 0 Å². The summed E-state index contributed by atoms with van der Waals surface area (Å²) in [4.78, 5) is 10.7. The van der Waals surface area contributed by atoms with Gasteiger partial charge in [-0.25, -0.2) is 9.97 Å². The Hall–Kier alpha value is -1.54. The highest BCUT2D eigenvalue weighted by atomic mass is 32.3. The lowest BCUT2D eigenvalue weighted by Gasteiger charge is -2.08. The predicted molar refractivity (Wildman–Crippen MR) is 60.1 cm³/mol. The summed E-state index contributed by atoms with van der Waals surface area (Å²) in [6, 6.07) is 1.43. The number of hydrogen-bond acceptors (Lipinski definition) is 5. The largest absolute Gasteiger partial charge is 0.370 e. The molecule has 0 saturated carbocycles. The van der Waals surface area contributed by atoms with Gasteiger partial charge >= 0.3 is 10.2 Å². The summed E-state index contributed by atoms with van der Waals surface area (Å²) in [7, 11) is -4.88. The summed E-state index contributed by atoms with van der Waals surface area (Å²) in [6.45, 7) is 0.578. The summed E-state index contributed by atoms with van der Waals surface area (Å²) < 4.78 is 40.8. The normalized spacial score (nSPS) is 20.6. The first kappa shape index (κ1) is 11.5. The number of nitrogens with zero attached hydrogens (tertiary/aromatic N) is 2. The van der Waals surface area contributed by atoms with E-state index in [4.69, 9.17) is 4.74 Å². The third kappa shape index (κ3) is 1.87. The first-order chi connectivity index (χ1) is 8.55. The molecule has 2 aromatic rings. The van der Waals surface area contributed by atoms with E-state index < -0.39 is 15.2 Å². The van der Waals surface area contributed by atoms with Crippen LogP contribution < -0.4 is 0 Å². The van der Waals surface area contributed by atoms with Crippen LogP contribution in [0.25, 0.3) is 11.0 Å². The highest BCUT2D eigenvalue weighted by molar-refractivity contribution is 7.86. The summed E-state index contributed by atoms with van der Waals surface area (Å²) >= 11 is 0. The van der Waals surface area contributed by atoms with Crippen molar-refractivity contribution in [3.63, 3.8) is 0 Å². The van der Waals surface area contributed by atoms with E-state index in [2.05, 4.69) is 15.0 Å². The molecule has 6 nitrogen and oxygen atoms in total. The molecule has 1 aliphatic rings. The fraction of sp³-hybridized carbons (Fsp3) is 0.400. The monoisotopic (exact) mass is 271 g/mol. The molecule has 1 N–H and O–H groups in total. The van der Waals surface area contributed by atoms with E-state index in [1.54, 1.807) is 0 Å². The van der Waals surface area contributed by atoms with Crippen LogP contribution >= 0.6 is 0 Å². The lowest BCUT2D eigenvalue weighted by atomic mass is 10.2. The molecular weight excluding hydrogens is 261 g/mol. The second-order valence-corrected chi connectivity index (χ2v) is 5.33. The number of fused-ring (bicyclic) bond motifs is 1. The van der Waals surface area contributed by atoms with E-state index in [1.165, 1.54) is 12.3 Å². The van der Waals surface area contributed by atoms with Gasteiger partial charge in [0.1, 0.15) is 11.8 Å². The number of rotatable bonds is 2. The Bertz CT molecular complexity index is 691. The van der Waals surface area contributed by atoms with Crippen LogP contribution in [0.4, 0.5) is 3.89 Å². The summed E-state index contributed by atoms with van der Waals surface area (Å²) in [5.41, 5.74) is 0.298. The van der Waals surface area contributed by atoms with Crippen LogP contribution in [-0.2, 0) is 15.0 Å². The molecule has 2 aromatic heterocycles. The van der Waals surface area contributed by atoms with E-state index >= 15 is 0 Å². The van der Waals surface area contributed by atoms with E-state index in [9.17, 15) is 12.3 Å². The fourth-order valence-corrected chi connectivity index (χ4v) is 2.67. The van der Waals surface area contributed by atoms with Crippen molar-refractivity contribution < 1.29 is 17.0 Å². The molecular formula is C10H10FN3O3S. The van der Waals surface area contributed by atoms with Crippen LogP contribution in [0.1, 0.15) is 24.8 Å². The minimum Gasteiger partial charge on any atom is -0.370 e. The van der Waals surface area contributed by atoms with Crippen molar-refractivity contribution in [3.8, 4) is 0 Å². The van der Waals surface area contributed by atoms with Crippen LogP contribution in [0.2, 0.25) is 0 Å². The van der Waals surface area contributed by atoms with Crippen LogP contribution in [0.15, 0.2) is 17.3 Å². The van der Waals surface area contributed by atoms with Crippen molar-refractivity contribution in [2.24, 2.45) is 0 Å². The molecule has 8 heteroatoms. The van der Waals surface area contributed by atoms with E-state index in [0.29, 0.717) is 18.7 Å². The quantitative estimate of drug-likeness (QED) is 0.660. The molecule has 1 fully saturated rings. The van der Waals surface area contributed by atoms with Gasteiger partial charge in [-0.2, -0.15) is 8.42 Å². The number of halogens is 1. The van der Waals surface area contributed by atoms with Gasteiger partial charge in [0.25, 0.3) is 0 Å². The molecule has 1 aliphatic heterocycles. The Morgan fingerprint density at radius 1 is 1.44 bits per heavy atom. The maximum Gasteiger partial charge on any atom is 0.350 e. The molecule has 0 amide bonds. The zero-order valence-electron chi connectivity index (χ0n) is 9.26. The van der Waals surface area contributed by atoms with Gasteiger partial charge in [-0.1, -0.05) is 3.89 Å². The lowest BCUT2D eigenvalue weighted by Crippen LogP contribution is -2.07. The molecule has 3 rings (SSSR count). The molecule has 3 heterocycles. The minimum atomic E-state index is -4.88. The molecule has 0 radical (unpaired) electrons. The minimum absolute atomic E-state index is 0.152. The zero-order chi connectivity index (χ0) is 12.8. The molecule has 1 saturated heterocycles. The molecule has 1 atom stereocenters. The Labute approximate surface area is 102 Å². The van der Waals surface area contributed by atoms with Gasteiger partial charge in [-0.15, -0.1) is 0 Å². The van der Waals surface area contributed by atoms with Gasteiger partial charge in [0.15, 0.2) is 10.9 Å². The Morgan fingerprint density at radius 2 is 2.28 bits per heavy atom. The smallest absolute Gasteiger partial charge is 0.350 e. The number of hydrogen-bond donors (Lipinski definition) is 1. The maximum atomic E-state index is 13.2. The molecule has 1 unspecified atom stereocenters. The first-order valence-electron chi connectivity index (χ1n) is 5.47. The van der Waals surface area contributed by atoms with Crippen LogP contribution in [0, 0.1) is 0 Å². The van der Waals surface area contributed by atoms with Crippen molar-refractivity contribution in [1.29, 1.82) is 0 Å². The van der Waals surface area contributed by atoms with Crippen molar-refractivity contribution in [3.05, 3.63) is 18.1 Å². The summed E-state index contributed by atoms with van der Waals surface area (Å²) in [6.07, 6.45) is 2.69. The molecule has 18 heavy (non-hydrogen) atoms. The zero-order valence-corrected chi connectivity index (χ0v) is 10.1. The SMILES string of the molecule is O=S(=O)(F)c1nc(C2CCCO2)nc2[nH]ccc12. The van der Waals surface area contributed by atoms with Gasteiger partial charge in [0.05, 0.1) is 5.39 Å². The Kier molecular flexibility index (Phi) is 2.56. The summed E-state index contributed by atoms with van der Waals surface area (Å²) in [5, 5.41) is -0.446. The van der Waals surface area contributed by atoms with E-state index in [0.717, 1.165) is 6.42 Å². The molecule has 0 bridgehead atoms. The number of ether oxygens (including phenoxy) is 1. The highest BCUT2D eigenvalue weighted by Gasteiger charge is 2.26. The fourth-order valence-electron chi connectivity index (χ4n) is 2.04. The van der Waals surface area contributed by atoms with Gasteiger partial charge in [-0.3, -0.25) is 0 Å². The van der Waals surface area contributed by atoms with Gasteiger partial charge in [0, 0.05) is 12.8 Å². The second kappa shape index (κ2) is 3.99. The third-order valence-electron chi connectivity index (χ3n) is 2.85. The molecule has 96 valence electrons. The van der Waals surface area contributed by atoms with Crippen molar-refractivity contribution >= 4 is 21.3 Å². The number of nitrogens with one attached hydrogen (secondary N) is 1. The Morgan fingerprint density at radius 3 is 2.94 bits per heavy atom.